The zero-order valence-corrected chi connectivity index (χ0v) is 15.6. The molecule has 0 saturated carbocycles. The van der Waals surface area contributed by atoms with Crippen molar-refractivity contribution in [1.82, 2.24) is 14.7 Å². The van der Waals surface area contributed by atoms with Gasteiger partial charge in [0.1, 0.15) is 5.69 Å². The number of hydrogen-bond acceptors (Lipinski definition) is 4. The summed E-state index contributed by atoms with van der Waals surface area (Å²) in [7, 11) is 1.75. The predicted octanol–water partition coefficient (Wildman–Crippen LogP) is 2.26. The molecule has 1 heterocycles. The number of nitrogens with one attached hydrogen (secondary N) is 2. The number of urea groups is 1. The van der Waals surface area contributed by atoms with Crippen LogP contribution in [-0.4, -0.2) is 32.2 Å². The topological polar surface area (TPSA) is 109 Å². The van der Waals surface area contributed by atoms with Crippen molar-refractivity contribution in [3.63, 3.8) is 0 Å². The van der Waals surface area contributed by atoms with Gasteiger partial charge in [0, 0.05) is 13.6 Å². The van der Waals surface area contributed by atoms with Crippen LogP contribution in [0.2, 0.25) is 0 Å². The largest absolute Gasteiger partial charge is 0.504 e. The molecule has 28 heavy (non-hydrogen) atoms. The predicted molar refractivity (Wildman–Crippen MR) is 106 cm³/mol. The highest BCUT2D eigenvalue weighted by molar-refractivity contribution is 5.89. The van der Waals surface area contributed by atoms with E-state index in [1.807, 2.05) is 30.3 Å². The van der Waals surface area contributed by atoms with Gasteiger partial charge >= 0.3 is 6.03 Å². The Morgan fingerprint density at radius 2 is 1.79 bits per heavy atom. The molecule has 0 unspecified atom stereocenters. The molecule has 146 valence electrons. The molecular weight excluding hydrogens is 360 g/mol. The van der Waals surface area contributed by atoms with Gasteiger partial charge in [0.15, 0.2) is 11.5 Å². The lowest BCUT2D eigenvalue weighted by Crippen LogP contribution is -2.32. The van der Waals surface area contributed by atoms with Crippen LogP contribution in [0.1, 0.15) is 11.3 Å². The van der Waals surface area contributed by atoms with Crippen molar-refractivity contribution in [3.8, 4) is 17.2 Å². The third kappa shape index (κ3) is 3.85. The van der Waals surface area contributed by atoms with Crippen LogP contribution in [0.5, 0.6) is 11.5 Å². The van der Waals surface area contributed by atoms with Crippen LogP contribution in [0.4, 0.5) is 10.5 Å². The molecule has 2 aromatic carbocycles. The number of phenolic OH excluding ortho intramolecular Hbond substituents is 2. The second-order valence-electron chi connectivity index (χ2n) is 6.39. The van der Waals surface area contributed by atoms with Gasteiger partial charge in [0.05, 0.1) is 11.4 Å². The lowest BCUT2D eigenvalue weighted by molar-refractivity contribution is 0.252. The zero-order chi connectivity index (χ0) is 20.3. The van der Waals surface area contributed by atoms with Gasteiger partial charge in [-0.3, -0.25) is 9.48 Å². The second-order valence-corrected chi connectivity index (χ2v) is 6.39. The minimum absolute atomic E-state index is 0.191. The molecular formula is C20H22N4O4. The Kier molecular flexibility index (Phi) is 5.39. The maximum absolute atomic E-state index is 12.8. The highest BCUT2D eigenvalue weighted by atomic mass is 16.3. The van der Waals surface area contributed by atoms with Crippen molar-refractivity contribution in [2.45, 2.75) is 13.3 Å². The smallest absolute Gasteiger partial charge is 0.319 e. The number of rotatable bonds is 5. The molecule has 0 saturated heterocycles. The molecule has 0 aliphatic heterocycles. The van der Waals surface area contributed by atoms with E-state index in [1.54, 1.807) is 24.7 Å². The number of benzene rings is 2. The molecule has 2 amide bonds. The maximum atomic E-state index is 12.8. The van der Waals surface area contributed by atoms with E-state index in [0.29, 0.717) is 24.3 Å². The lowest BCUT2D eigenvalue weighted by Gasteiger charge is -2.08. The molecule has 8 nitrogen and oxygen atoms in total. The normalized spacial score (nSPS) is 10.6. The summed E-state index contributed by atoms with van der Waals surface area (Å²) in [6.45, 7) is 2.06. The molecule has 3 aromatic rings. The summed E-state index contributed by atoms with van der Waals surface area (Å²) in [5, 5.41) is 24.1. The van der Waals surface area contributed by atoms with Crippen LogP contribution < -0.4 is 16.2 Å². The number of aromatic hydroxyl groups is 2. The van der Waals surface area contributed by atoms with Gasteiger partial charge in [-0.05, 0) is 43.2 Å². The first-order valence-corrected chi connectivity index (χ1v) is 8.78. The molecule has 0 radical (unpaired) electrons. The standard InChI is InChI=1S/C20H22N4O4/c1-13-18(19(27)24(23(13)2)15-6-4-3-5-7-15)22-20(28)21-11-10-14-8-9-16(25)17(26)12-14/h3-9,12,25-26H,10-11H2,1-2H3,(H2,21,22,28). The number of hydrogen-bond donors (Lipinski definition) is 4. The molecule has 3 rings (SSSR count). The third-order valence-electron chi connectivity index (χ3n) is 4.53. The first-order chi connectivity index (χ1) is 13.4. The van der Waals surface area contributed by atoms with E-state index in [-0.39, 0.29) is 22.7 Å². The van der Waals surface area contributed by atoms with Crippen LogP contribution in [0.25, 0.3) is 5.69 Å². The summed E-state index contributed by atoms with van der Waals surface area (Å²) in [5.41, 5.74) is 2.00. The number of anilines is 1. The van der Waals surface area contributed by atoms with Crippen LogP contribution in [0.15, 0.2) is 53.3 Å². The fourth-order valence-electron chi connectivity index (χ4n) is 2.91. The number of nitrogens with zero attached hydrogens (tertiary/aromatic N) is 2. The summed E-state index contributed by atoms with van der Waals surface area (Å²) in [5.74, 6) is -0.396. The number of amides is 2. The fourth-order valence-corrected chi connectivity index (χ4v) is 2.91. The number of carbonyl (C=O) groups excluding carboxylic acids is 1. The Labute approximate surface area is 161 Å². The van der Waals surface area contributed by atoms with Crippen molar-refractivity contribution in [3.05, 3.63) is 70.1 Å². The van der Waals surface area contributed by atoms with Crippen LogP contribution in [-0.2, 0) is 13.5 Å². The number of para-hydroxylation sites is 1. The number of phenols is 2. The van der Waals surface area contributed by atoms with Crippen molar-refractivity contribution >= 4 is 11.7 Å². The summed E-state index contributed by atoms with van der Waals surface area (Å²) in [6.07, 6.45) is 0.462. The SMILES string of the molecule is Cc1c(NC(=O)NCCc2ccc(O)c(O)c2)c(=O)n(-c2ccccc2)n1C. The molecule has 0 bridgehead atoms. The van der Waals surface area contributed by atoms with Gasteiger partial charge in [0.25, 0.3) is 5.56 Å². The van der Waals surface area contributed by atoms with Gasteiger partial charge in [-0.1, -0.05) is 24.3 Å². The molecule has 0 aliphatic carbocycles. The van der Waals surface area contributed by atoms with Gasteiger partial charge in [-0.25, -0.2) is 9.48 Å². The maximum Gasteiger partial charge on any atom is 0.319 e. The molecule has 1 aromatic heterocycles. The van der Waals surface area contributed by atoms with Crippen LogP contribution in [0, 0.1) is 6.92 Å². The lowest BCUT2D eigenvalue weighted by atomic mass is 10.1. The quantitative estimate of drug-likeness (QED) is 0.508. The number of aromatic nitrogens is 2. The molecule has 0 fully saturated rings. The highest BCUT2D eigenvalue weighted by Crippen LogP contribution is 2.24. The van der Waals surface area contributed by atoms with E-state index in [0.717, 1.165) is 5.56 Å². The van der Waals surface area contributed by atoms with Crippen molar-refractivity contribution in [2.24, 2.45) is 7.05 Å². The minimum Gasteiger partial charge on any atom is -0.504 e. The summed E-state index contributed by atoms with van der Waals surface area (Å²) in [4.78, 5) is 25.0. The zero-order valence-electron chi connectivity index (χ0n) is 15.6. The van der Waals surface area contributed by atoms with Gasteiger partial charge in [-0.15, -0.1) is 0 Å². The van der Waals surface area contributed by atoms with Gasteiger partial charge < -0.3 is 20.8 Å². The summed E-state index contributed by atoms with van der Waals surface area (Å²) >= 11 is 0. The molecule has 0 aliphatic rings. The average Bonchev–Trinajstić information content (AvgIpc) is 2.88. The van der Waals surface area contributed by atoms with E-state index in [1.165, 1.54) is 16.8 Å². The third-order valence-corrected chi connectivity index (χ3v) is 4.53. The summed E-state index contributed by atoms with van der Waals surface area (Å²) in [6, 6.07) is 13.2. The Morgan fingerprint density at radius 1 is 1.07 bits per heavy atom. The number of carbonyl (C=O) groups is 1. The van der Waals surface area contributed by atoms with Crippen LogP contribution in [0.3, 0.4) is 0 Å². The first-order valence-electron chi connectivity index (χ1n) is 8.78. The minimum atomic E-state index is -0.492. The first kappa shape index (κ1) is 19.1. The van der Waals surface area contributed by atoms with E-state index >= 15 is 0 Å². The average molecular weight is 382 g/mol. The highest BCUT2D eigenvalue weighted by Gasteiger charge is 2.17. The van der Waals surface area contributed by atoms with E-state index in [9.17, 15) is 19.8 Å². The van der Waals surface area contributed by atoms with E-state index in [4.69, 9.17) is 0 Å². The molecule has 8 heteroatoms. The fraction of sp³-hybridized carbons (Fsp3) is 0.200. The monoisotopic (exact) mass is 382 g/mol. The Hall–Kier alpha value is -3.68. The van der Waals surface area contributed by atoms with Gasteiger partial charge in [0.2, 0.25) is 0 Å². The van der Waals surface area contributed by atoms with Crippen LogP contribution >= 0.6 is 0 Å². The van der Waals surface area contributed by atoms with E-state index in [2.05, 4.69) is 10.6 Å². The Balaban J connectivity index is 1.67. The van der Waals surface area contributed by atoms with Crippen molar-refractivity contribution < 1.29 is 15.0 Å². The van der Waals surface area contributed by atoms with Crippen molar-refractivity contribution in [2.75, 3.05) is 11.9 Å². The Bertz CT molecular complexity index is 1050. The molecule has 0 atom stereocenters. The van der Waals surface area contributed by atoms with Gasteiger partial charge in [-0.2, -0.15) is 0 Å². The second kappa shape index (κ2) is 7.91. The molecule has 4 N–H and O–H groups in total. The molecule has 0 spiro atoms. The Morgan fingerprint density at radius 3 is 2.46 bits per heavy atom. The van der Waals surface area contributed by atoms with Crippen molar-refractivity contribution in [1.29, 1.82) is 0 Å². The van der Waals surface area contributed by atoms with E-state index < -0.39 is 6.03 Å². The summed E-state index contributed by atoms with van der Waals surface area (Å²) < 4.78 is 3.18.